The van der Waals surface area contributed by atoms with E-state index in [1.165, 1.54) is 24.3 Å². The summed E-state index contributed by atoms with van der Waals surface area (Å²) < 4.78 is 0. The Morgan fingerprint density at radius 3 is 1.50 bits per heavy atom. The van der Waals surface area contributed by atoms with Gasteiger partial charge in [0.2, 0.25) is 0 Å². The summed E-state index contributed by atoms with van der Waals surface area (Å²) in [5.74, 6) is 2.92. The Kier molecular flexibility index (Phi) is 2.27. The maximum Gasteiger partial charge on any atom is -0.00976 e. The quantitative estimate of drug-likeness (QED) is 0.425. The molecule has 0 spiro atoms. The fourth-order valence-corrected chi connectivity index (χ4v) is 3.22. The van der Waals surface area contributed by atoms with Crippen LogP contribution in [-0.4, -0.2) is 11.5 Å². The molecule has 0 saturated heterocycles. The van der Waals surface area contributed by atoms with Crippen LogP contribution in [0.25, 0.3) is 0 Å². The Hall–Kier alpha value is 0.700. The van der Waals surface area contributed by atoms with Crippen LogP contribution in [0.2, 0.25) is 0 Å². The summed E-state index contributed by atoms with van der Waals surface area (Å²) in [5, 5.41) is 0. The molecule has 0 N–H and O–H groups in total. The largest absolute Gasteiger partial charge is 0.179 e. The van der Waals surface area contributed by atoms with Crippen LogP contribution in [0.5, 0.6) is 0 Å². The third-order valence-corrected chi connectivity index (χ3v) is 3.90. The monoisotopic (exact) mass is 122 g/mol. The minimum atomic E-state index is 1.46. The Morgan fingerprint density at radius 1 is 0.833 bits per heavy atom. The van der Waals surface area contributed by atoms with Gasteiger partial charge in [-0.2, -0.15) is 20.6 Å². The summed E-state index contributed by atoms with van der Waals surface area (Å²) in [6.07, 6.45) is 2.96. The van der Waals surface area contributed by atoms with Gasteiger partial charge in [0.15, 0.2) is 0 Å². The Morgan fingerprint density at radius 2 is 1.33 bits per heavy atom. The summed E-state index contributed by atoms with van der Waals surface area (Å²) in [5.41, 5.74) is 0. The topological polar surface area (TPSA) is 0 Å². The first kappa shape index (κ1) is 4.85. The molecule has 0 fully saturated rings. The number of rotatable bonds is 0. The van der Waals surface area contributed by atoms with Gasteiger partial charge in [0.25, 0.3) is 0 Å². The Balaban J connectivity index is 2.26. The van der Waals surface area contributed by atoms with E-state index in [0.29, 0.717) is 0 Å². The molecule has 0 atom stereocenters. The van der Waals surface area contributed by atoms with E-state index in [1.807, 2.05) is 0 Å². The van der Waals surface area contributed by atoms with E-state index in [2.05, 4.69) is 0 Å². The molecule has 38 valence electrons. The molecule has 0 aromatic carbocycles. The van der Waals surface area contributed by atoms with Gasteiger partial charge in [-0.05, 0) is 24.3 Å². The van der Waals surface area contributed by atoms with Crippen molar-refractivity contribution >= 4 is 20.6 Å². The fraction of sp³-hybridized carbons (Fsp3) is 1.00. The molecule has 0 saturated carbocycles. The van der Waals surface area contributed by atoms with Gasteiger partial charge in [-0.25, -0.2) is 0 Å². The second kappa shape index (κ2) is 2.80. The molecule has 1 aliphatic rings. The molecule has 0 aromatic rings. The Labute approximate surface area is 45.5 Å². The van der Waals surface area contributed by atoms with Gasteiger partial charge < -0.3 is 0 Å². The molecule has 0 aliphatic carbocycles. The lowest BCUT2D eigenvalue weighted by Gasteiger charge is -1.98. The van der Waals surface area contributed by atoms with Crippen LogP contribution in [0.4, 0.5) is 0 Å². The van der Waals surface area contributed by atoms with Crippen LogP contribution >= 0.6 is 0 Å². The van der Waals surface area contributed by atoms with Crippen molar-refractivity contribution in [2.75, 3.05) is 11.5 Å². The van der Waals surface area contributed by atoms with Crippen LogP contribution in [0.1, 0.15) is 12.8 Å². The highest BCUT2D eigenvalue weighted by Crippen LogP contribution is 1.92. The van der Waals surface area contributed by atoms with Crippen molar-refractivity contribution in [1.29, 1.82) is 0 Å². The van der Waals surface area contributed by atoms with Crippen molar-refractivity contribution in [1.82, 2.24) is 0 Å². The third-order valence-electron chi connectivity index (χ3n) is 0.866. The molecule has 6 heavy (non-hydrogen) atoms. The highest BCUT2D eigenvalue weighted by Gasteiger charge is 1.86. The smallest absolute Gasteiger partial charge is 0.00976 e. The first-order chi connectivity index (χ1) is 3.00. The first-order valence-electron chi connectivity index (χ1n) is 2.33. The standard InChI is InChI=1S/C4H10S2/c1-2-4-6-5-3-1/h5-6H,1-4H2. The highest BCUT2D eigenvalue weighted by molar-refractivity contribution is 8.26. The molecule has 0 unspecified atom stereocenters. The summed E-state index contributed by atoms with van der Waals surface area (Å²) >= 11 is 0. The normalized spacial score (nSPS) is 24.0. The average Bonchev–Trinajstić information content (AvgIpc) is 1.72. The van der Waals surface area contributed by atoms with Crippen molar-refractivity contribution in [2.45, 2.75) is 12.8 Å². The van der Waals surface area contributed by atoms with Gasteiger partial charge in [0, 0.05) is 0 Å². The summed E-state index contributed by atoms with van der Waals surface area (Å²) in [6.45, 7) is 0. The second-order valence-electron chi connectivity index (χ2n) is 1.44. The van der Waals surface area contributed by atoms with Crippen LogP contribution < -0.4 is 0 Å². The third kappa shape index (κ3) is 1.43. The van der Waals surface area contributed by atoms with Gasteiger partial charge in [0.05, 0.1) is 0 Å². The maximum absolute atomic E-state index is 1.67. The lowest BCUT2D eigenvalue weighted by atomic mass is 10.4. The van der Waals surface area contributed by atoms with Gasteiger partial charge in [-0.3, -0.25) is 0 Å². The van der Waals surface area contributed by atoms with Crippen LogP contribution in [0.3, 0.4) is 0 Å². The molecule has 0 nitrogen and oxygen atoms in total. The van der Waals surface area contributed by atoms with Crippen LogP contribution in [-0.2, 0) is 20.6 Å². The predicted molar refractivity (Wildman–Crippen MR) is 36.5 cm³/mol. The first-order valence-corrected chi connectivity index (χ1v) is 5.20. The molecule has 1 heterocycles. The van der Waals surface area contributed by atoms with E-state index in [-0.39, 0.29) is 0 Å². The SMILES string of the molecule is C1CC[SH]=[SH]C1. The van der Waals surface area contributed by atoms with Gasteiger partial charge >= 0.3 is 0 Å². The number of thiol groups is 2. The summed E-state index contributed by atoms with van der Waals surface area (Å²) in [4.78, 5) is 0. The molecule has 0 bridgehead atoms. The molecule has 2 heteroatoms. The zero-order chi connectivity index (χ0) is 4.24. The fourth-order valence-electron chi connectivity index (χ4n) is 0.506. The summed E-state index contributed by atoms with van der Waals surface area (Å²) in [6, 6.07) is 0. The second-order valence-corrected chi connectivity index (χ2v) is 4.59. The molecule has 1 aliphatic heterocycles. The van der Waals surface area contributed by atoms with E-state index >= 15 is 0 Å². The van der Waals surface area contributed by atoms with Crippen molar-refractivity contribution in [3.63, 3.8) is 0 Å². The zero-order valence-electron chi connectivity index (χ0n) is 3.72. The molecular weight excluding hydrogens is 112 g/mol. The number of hydrogen-bond acceptors (Lipinski definition) is 0. The van der Waals surface area contributed by atoms with Crippen LogP contribution in [0, 0.1) is 0 Å². The van der Waals surface area contributed by atoms with Crippen molar-refractivity contribution < 1.29 is 0 Å². The van der Waals surface area contributed by atoms with Crippen molar-refractivity contribution in [3.05, 3.63) is 0 Å². The van der Waals surface area contributed by atoms with Crippen molar-refractivity contribution in [3.8, 4) is 0 Å². The van der Waals surface area contributed by atoms with E-state index < -0.39 is 0 Å². The Bertz CT molecular complexity index is 50.6. The van der Waals surface area contributed by atoms with E-state index in [0.717, 1.165) is 0 Å². The molecule has 0 amide bonds. The molecular formula is C4H10S2. The predicted octanol–water partition coefficient (Wildman–Crippen LogP) is 0.325. The van der Waals surface area contributed by atoms with Gasteiger partial charge in [-0.1, -0.05) is 0 Å². The minimum absolute atomic E-state index is 1.46. The van der Waals surface area contributed by atoms with E-state index in [4.69, 9.17) is 0 Å². The maximum atomic E-state index is 1.67. The zero-order valence-corrected chi connectivity index (χ0v) is 5.51. The van der Waals surface area contributed by atoms with Crippen LogP contribution in [0.15, 0.2) is 0 Å². The van der Waals surface area contributed by atoms with Gasteiger partial charge in [-0.15, -0.1) is 0 Å². The average molecular weight is 122 g/mol. The van der Waals surface area contributed by atoms with Gasteiger partial charge in [0.1, 0.15) is 0 Å². The molecule has 0 radical (unpaired) electrons. The summed E-state index contributed by atoms with van der Waals surface area (Å²) in [7, 11) is 3.34. The number of hydrogen-bond donors (Lipinski definition) is 2. The highest BCUT2D eigenvalue weighted by atomic mass is 32.8. The van der Waals surface area contributed by atoms with E-state index in [1.54, 1.807) is 20.6 Å². The van der Waals surface area contributed by atoms with Crippen molar-refractivity contribution in [2.24, 2.45) is 0 Å². The minimum Gasteiger partial charge on any atom is -0.179 e. The molecule has 1 rings (SSSR count). The lowest BCUT2D eigenvalue weighted by molar-refractivity contribution is 0.906. The molecule has 0 aromatic heterocycles. The lowest BCUT2D eigenvalue weighted by Crippen LogP contribution is -1.94. The van der Waals surface area contributed by atoms with E-state index in [9.17, 15) is 0 Å².